The molecule has 2 aliphatic rings. The topological polar surface area (TPSA) is 29.3 Å². The summed E-state index contributed by atoms with van der Waals surface area (Å²) in [6, 6.07) is 1.88. The van der Waals surface area contributed by atoms with Crippen LogP contribution in [-0.4, -0.2) is 29.6 Å². The number of nitrogens with two attached hydrogens (primary N) is 1. The van der Waals surface area contributed by atoms with Crippen molar-refractivity contribution in [2.45, 2.75) is 90.3 Å². The molecule has 0 aromatic heterocycles. The second-order valence-corrected chi connectivity index (χ2v) is 7.17. The third kappa shape index (κ3) is 3.72. The molecular weight excluding hydrogens is 232 g/mol. The van der Waals surface area contributed by atoms with Crippen molar-refractivity contribution in [3.63, 3.8) is 0 Å². The Morgan fingerprint density at radius 2 is 1.74 bits per heavy atom. The third-order valence-corrected chi connectivity index (χ3v) is 5.69. The van der Waals surface area contributed by atoms with Crippen LogP contribution in [-0.2, 0) is 0 Å². The lowest BCUT2D eigenvalue weighted by molar-refractivity contribution is 0.0501. The monoisotopic (exact) mass is 266 g/mol. The molecule has 0 spiro atoms. The smallest absolute Gasteiger partial charge is 0.0252 e. The molecule has 2 rings (SSSR count). The maximum atomic E-state index is 6.48. The molecule has 0 radical (unpaired) electrons. The van der Waals surface area contributed by atoms with Crippen LogP contribution in [0.15, 0.2) is 0 Å². The quantitative estimate of drug-likeness (QED) is 0.839. The van der Waals surface area contributed by atoms with Gasteiger partial charge in [-0.3, -0.25) is 4.90 Å². The Morgan fingerprint density at radius 3 is 2.32 bits per heavy atom. The van der Waals surface area contributed by atoms with E-state index >= 15 is 0 Å². The van der Waals surface area contributed by atoms with Crippen molar-refractivity contribution in [1.82, 2.24) is 4.90 Å². The standard InChI is InChI=1S/C17H34N2/c1-4-19(15-8-6-5-7-9-15)17-12-14(13(2)3)10-11-16(17)18/h13-17H,4-12,18H2,1-3H3. The van der Waals surface area contributed by atoms with Crippen LogP contribution in [0.25, 0.3) is 0 Å². The Hall–Kier alpha value is -0.0800. The highest BCUT2D eigenvalue weighted by Crippen LogP contribution is 2.34. The molecule has 112 valence electrons. The summed E-state index contributed by atoms with van der Waals surface area (Å²) in [6.45, 7) is 8.29. The van der Waals surface area contributed by atoms with Gasteiger partial charge in [-0.1, -0.05) is 40.0 Å². The first-order chi connectivity index (χ1) is 9.13. The number of nitrogens with zero attached hydrogens (tertiary/aromatic N) is 1. The maximum Gasteiger partial charge on any atom is 0.0252 e. The lowest BCUT2D eigenvalue weighted by Gasteiger charge is -2.46. The van der Waals surface area contributed by atoms with E-state index in [1.165, 1.54) is 57.9 Å². The lowest BCUT2D eigenvalue weighted by atomic mass is 9.76. The number of hydrogen-bond donors (Lipinski definition) is 1. The SMILES string of the molecule is CCN(C1CCCCC1)C1CC(C(C)C)CCC1N. The summed E-state index contributed by atoms with van der Waals surface area (Å²) in [7, 11) is 0. The van der Waals surface area contributed by atoms with Crippen molar-refractivity contribution < 1.29 is 0 Å². The molecule has 0 aliphatic heterocycles. The molecule has 2 fully saturated rings. The van der Waals surface area contributed by atoms with Crippen molar-refractivity contribution in [2.24, 2.45) is 17.6 Å². The van der Waals surface area contributed by atoms with Gasteiger partial charge in [0.1, 0.15) is 0 Å². The molecule has 3 atom stereocenters. The highest BCUT2D eigenvalue weighted by Gasteiger charge is 2.35. The Balaban J connectivity index is 2.02. The van der Waals surface area contributed by atoms with Gasteiger partial charge in [-0.25, -0.2) is 0 Å². The van der Waals surface area contributed by atoms with E-state index in [4.69, 9.17) is 5.73 Å². The normalized spacial score (nSPS) is 34.1. The zero-order valence-electron chi connectivity index (χ0n) is 13.3. The zero-order valence-corrected chi connectivity index (χ0v) is 13.3. The fourth-order valence-electron chi connectivity index (χ4n) is 4.36. The van der Waals surface area contributed by atoms with E-state index in [1.54, 1.807) is 0 Å². The molecule has 2 N–H and O–H groups in total. The molecule has 19 heavy (non-hydrogen) atoms. The van der Waals surface area contributed by atoms with Crippen LogP contribution < -0.4 is 5.73 Å². The fraction of sp³-hybridized carbons (Fsp3) is 1.00. The van der Waals surface area contributed by atoms with Crippen molar-refractivity contribution in [3.8, 4) is 0 Å². The lowest BCUT2D eigenvalue weighted by Crippen LogP contribution is -2.55. The Morgan fingerprint density at radius 1 is 1.05 bits per heavy atom. The summed E-state index contributed by atoms with van der Waals surface area (Å²) in [5.41, 5.74) is 6.48. The van der Waals surface area contributed by atoms with Gasteiger partial charge in [0.15, 0.2) is 0 Å². The van der Waals surface area contributed by atoms with Gasteiger partial charge in [0.25, 0.3) is 0 Å². The maximum absolute atomic E-state index is 6.48. The average Bonchev–Trinajstić information content (AvgIpc) is 2.42. The van der Waals surface area contributed by atoms with Crippen molar-refractivity contribution >= 4 is 0 Å². The number of likely N-dealkylation sites (N-methyl/N-ethyl adjacent to an activating group) is 1. The Kier molecular flexibility index (Phi) is 5.70. The predicted molar refractivity (Wildman–Crippen MR) is 83.2 cm³/mol. The van der Waals surface area contributed by atoms with Crippen LogP contribution in [0.1, 0.15) is 72.1 Å². The Labute approximate surface area is 120 Å². The minimum absolute atomic E-state index is 0.414. The van der Waals surface area contributed by atoms with Crippen LogP contribution >= 0.6 is 0 Å². The summed E-state index contributed by atoms with van der Waals surface area (Å²) in [5.74, 6) is 1.71. The van der Waals surface area contributed by atoms with E-state index in [9.17, 15) is 0 Å². The molecule has 0 aromatic carbocycles. The summed E-state index contributed by atoms with van der Waals surface area (Å²) < 4.78 is 0. The van der Waals surface area contributed by atoms with Crippen molar-refractivity contribution in [1.29, 1.82) is 0 Å². The number of rotatable bonds is 4. The van der Waals surface area contributed by atoms with Crippen LogP contribution in [0.2, 0.25) is 0 Å². The largest absolute Gasteiger partial charge is 0.326 e. The first-order valence-corrected chi connectivity index (χ1v) is 8.64. The van der Waals surface area contributed by atoms with Gasteiger partial charge in [0.2, 0.25) is 0 Å². The molecule has 2 heteroatoms. The zero-order chi connectivity index (χ0) is 13.8. The van der Waals surface area contributed by atoms with Gasteiger partial charge < -0.3 is 5.73 Å². The Bertz CT molecular complexity index is 258. The van der Waals surface area contributed by atoms with E-state index in [-0.39, 0.29) is 0 Å². The summed E-state index contributed by atoms with van der Waals surface area (Å²) in [4.78, 5) is 2.78. The van der Waals surface area contributed by atoms with Gasteiger partial charge in [-0.05, 0) is 50.5 Å². The van der Waals surface area contributed by atoms with E-state index < -0.39 is 0 Å². The van der Waals surface area contributed by atoms with Crippen molar-refractivity contribution in [3.05, 3.63) is 0 Å². The summed E-state index contributed by atoms with van der Waals surface area (Å²) >= 11 is 0. The van der Waals surface area contributed by atoms with Gasteiger partial charge in [-0.2, -0.15) is 0 Å². The molecule has 0 saturated heterocycles. The molecule has 0 heterocycles. The highest BCUT2D eigenvalue weighted by molar-refractivity contribution is 4.92. The van der Waals surface area contributed by atoms with Crippen molar-refractivity contribution in [2.75, 3.05) is 6.54 Å². The van der Waals surface area contributed by atoms with Crippen LogP contribution in [0.4, 0.5) is 0 Å². The van der Waals surface area contributed by atoms with E-state index in [0.717, 1.165) is 17.9 Å². The highest BCUT2D eigenvalue weighted by atomic mass is 15.2. The summed E-state index contributed by atoms with van der Waals surface area (Å²) in [6.07, 6.45) is 11.0. The van der Waals surface area contributed by atoms with Crippen LogP contribution in [0.3, 0.4) is 0 Å². The van der Waals surface area contributed by atoms with Gasteiger partial charge >= 0.3 is 0 Å². The first-order valence-electron chi connectivity index (χ1n) is 8.64. The van der Waals surface area contributed by atoms with Crippen LogP contribution in [0, 0.1) is 11.8 Å². The van der Waals surface area contributed by atoms with Crippen LogP contribution in [0.5, 0.6) is 0 Å². The second kappa shape index (κ2) is 7.08. The minimum atomic E-state index is 0.414. The molecule has 2 aliphatic carbocycles. The third-order valence-electron chi connectivity index (χ3n) is 5.69. The average molecular weight is 266 g/mol. The first kappa shape index (κ1) is 15.3. The van der Waals surface area contributed by atoms with E-state index in [2.05, 4.69) is 25.7 Å². The van der Waals surface area contributed by atoms with E-state index in [1.807, 2.05) is 0 Å². The van der Waals surface area contributed by atoms with Gasteiger partial charge in [0, 0.05) is 18.1 Å². The minimum Gasteiger partial charge on any atom is -0.326 e. The van der Waals surface area contributed by atoms with E-state index in [0.29, 0.717) is 12.1 Å². The second-order valence-electron chi connectivity index (χ2n) is 7.17. The molecule has 3 unspecified atom stereocenters. The molecule has 0 amide bonds. The fourth-order valence-corrected chi connectivity index (χ4v) is 4.36. The molecular formula is C17H34N2. The van der Waals surface area contributed by atoms with Gasteiger partial charge in [0.05, 0.1) is 0 Å². The molecule has 2 saturated carbocycles. The van der Waals surface area contributed by atoms with Gasteiger partial charge in [-0.15, -0.1) is 0 Å². The molecule has 2 nitrogen and oxygen atoms in total. The summed E-state index contributed by atoms with van der Waals surface area (Å²) in [5, 5.41) is 0. The molecule has 0 bridgehead atoms. The number of hydrogen-bond acceptors (Lipinski definition) is 2. The predicted octanol–water partition coefficient (Wildman–Crippen LogP) is 3.79. The molecule has 0 aromatic rings.